The van der Waals surface area contributed by atoms with Crippen molar-refractivity contribution in [1.82, 2.24) is 9.80 Å². The zero-order valence-corrected chi connectivity index (χ0v) is 17.4. The van der Waals surface area contributed by atoms with Crippen molar-refractivity contribution in [3.8, 4) is 0 Å². The molecule has 1 N–H and O–H groups in total. The monoisotopic (exact) mass is 439 g/mol. The number of carbonyl (C=O) groups is 2. The smallest absolute Gasteiger partial charge is 0.234 e. The maximum atomic E-state index is 12.4. The van der Waals surface area contributed by atoms with E-state index in [-0.39, 0.29) is 11.8 Å². The van der Waals surface area contributed by atoms with Crippen molar-refractivity contribution in [2.24, 2.45) is 0 Å². The molecule has 2 saturated heterocycles. The first kappa shape index (κ1) is 19.7. The van der Waals surface area contributed by atoms with Gasteiger partial charge in [-0.15, -0.1) is 0 Å². The molecule has 2 aliphatic heterocycles. The van der Waals surface area contributed by atoms with Gasteiger partial charge in [0.2, 0.25) is 11.8 Å². The number of thioether (sulfide) groups is 1. The molecule has 0 spiro atoms. The molecule has 1 aromatic rings. The van der Waals surface area contributed by atoms with Gasteiger partial charge >= 0.3 is 0 Å². The minimum Gasteiger partial charge on any atom is -0.341 e. The summed E-state index contributed by atoms with van der Waals surface area (Å²) >= 11 is 4.89. The number of hydrogen-bond donors (Lipinski definition) is 1. The minimum absolute atomic E-state index is 0.0277. The molecular weight excluding hydrogens is 414 g/mol. The lowest BCUT2D eigenvalue weighted by Crippen LogP contribution is -2.37. The molecular formula is C19H26BrN3O2S. The number of hydrogen-bond acceptors (Lipinski definition) is 4. The van der Waals surface area contributed by atoms with Gasteiger partial charge in [-0.05, 0) is 56.6 Å². The molecule has 1 aromatic carbocycles. The quantitative estimate of drug-likeness (QED) is 0.662. The highest BCUT2D eigenvalue weighted by Gasteiger charge is 2.31. The van der Waals surface area contributed by atoms with E-state index < -0.39 is 0 Å². The highest BCUT2D eigenvalue weighted by Crippen LogP contribution is 2.21. The van der Waals surface area contributed by atoms with Crippen LogP contribution < -0.4 is 5.32 Å². The summed E-state index contributed by atoms with van der Waals surface area (Å²) in [4.78, 5) is 28.8. The van der Waals surface area contributed by atoms with Gasteiger partial charge in [-0.2, -0.15) is 11.8 Å². The van der Waals surface area contributed by atoms with E-state index in [1.807, 2.05) is 29.2 Å². The van der Waals surface area contributed by atoms with Crippen molar-refractivity contribution in [2.75, 3.05) is 43.0 Å². The second-order valence-electron chi connectivity index (χ2n) is 6.88. The molecule has 26 heavy (non-hydrogen) atoms. The van der Waals surface area contributed by atoms with Crippen LogP contribution in [-0.4, -0.2) is 65.3 Å². The summed E-state index contributed by atoms with van der Waals surface area (Å²) in [6, 6.07) is 8.08. The van der Waals surface area contributed by atoms with Crippen LogP contribution in [0.15, 0.2) is 28.7 Å². The molecule has 0 radical (unpaired) electrons. The van der Waals surface area contributed by atoms with Gasteiger partial charge in [0.05, 0.1) is 5.75 Å². The number of nitrogens with one attached hydrogen (secondary N) is 1. The molecule has 0 saturated carbocycles. The van der Waals surface area contributed by atoms with E-state index in [1.54, 1.807) is 0 Å². The van der Waals surface area contributed by atoms with E-state index in [1.165, 1.54) is 37.7 Å². The Morgan fingerprint density at radius 3 is 2.62 bits per heavy atom. The van der Waals surface area contributed by atoms with Gasteiger partial charge in [-0.3, -0.25) is 14.5 Å². The van der Waals surface area contributed by atoms with Crippen LogP contribution in [0.1, 0.15) is 25.7 Å². The van der Waals surface area contributed by atoms with E-state index >= 15 is 0 Å². The average Bonchev–Trinajstić information content (AvgIpc) is 3.31. The fourth-order valence-electron chi connectivity index (χ4n) is 3.59. The van der Waals surface area contributed by atoms with Crippen LogP contribution >= 0.6 is 27.7 Å². The van der Waals surface area contributed by atoms with Crippen LogP contribution in [0.4, 0.5) is 5.69 Å². The normalized spacial score (nSPS) is 20.5. The van der Waals surface area contributed by atoms with E-state index in [0.717, 1.165) is 29.7 Å². The Balaban J connectivity index is 1.30. The lowest BCUT2D eigenvalue weighted by atomic mass is 10.2. The summed E-state index contributed by atoms with van der Waals surface area (Å²) in [6.45, 7) is 4.15. The van der Waals surface area contributed by atoms with Gasteiger partial charge in [0, 0.05) is 41.5 Å². The summed E-state index contributed by atoms with van der Waals surface area (Å²) in [5.41, 5.74) is 0.792. The van der Waals surface area contributed by atoms with Crippen LogP contribution in [0.5, 0.6) is 0 Å². The Bertz CT molecular complexity index is 620. The molecule has 0 aliphatic carbocycles. The van der Waals surface area contributed by atoms with Crippen molar-refractivity contribution >= 4 is 45.2 Å². The number of benzene rings is 1. The van der Waals surface area contributed by atoms with Crippen molar-refractivity contribution in [3.05, 3.63) is 28.7 Å². The fourth-order valence-corrected chi connectivity index (χ4v) is 4.57. The number of carbonyl (C=O) groups excluding carboxylic acids is 2. The van der Waals surface area contributed by atoms with E-state index in [2.05, 4.69) is 26.1 Å². The van der Waals surface area contributed by atoms with Gasteiger partial charge in [0.15, 0.2) is 0 Å². The van der Waals surface area contributed by atoms with Gasteiger partial charge in [0.1, 0.15) is 0 Å². The molecule has 5 nitrogen and oxygen atoms in total. The molecule has 1 atom stereocenters. The molecule has 2 aliphatic rings. The molecule has 1 unspecified atom stereocenters. The third kappa shape index (κ3) is 5.72. The zero-order valence-electron chi connectivity index (χ0n) is 15.0. The van der Waals surface area contributed by atoms with Gasteiger partial charge in [-0.25, -0.2) is 0 Å². The van der Waals surface area contributed by atoms with Crippen LogP contribution in [0.3, 0.4) is 0 Å². The SMILES string of the molecule is O=C(CSCCC(=O)N1CCC(N2CCCC2)C1)Nc1ccc(Br)cc1. The number of amides is 2. The number of halogens is 1. The zero-order chi connectivity index (χ0) is 18.4. The predicted octanol–water partition coefficient (Wildman–Crippen LogP) is 3.21. The summed E-state index contributed by atoms with van der Waals surface area (Å²) in [6.07, 6.45) is 4.21. The lowest BCUT2D eigenvalue weighted by molar-refractivity contribution is -0.129. The molecule has 7 heteroatoms. The van der Waals surface area contributed by atoms with E-state index in [0.29, 0.717) is 24.0 Å². The topological polar surface area (TPSA) is 52.7 Å². The fraction of sp³-hybridized carbons (Fsp3) is 0.579. The number of nitrogens with zero attached hydrogens (tertiary/aromatic N) is 2. The highest BCUT2D eigenvalue weighted by molar-refractivity contribution is 9.10. The molecule has 2 amide bonds. The highest BCUT2D eigenvalue weighted by atomic mass is 79.9. The summed E-state index contributed by atoms with van der Waals surface area (Å²) in [5, 5.41) is 2.87. The molecule has 2 heterocycles. The number of likely N-dealkylation sites (tertiary alicyclic amines) is 2. The standard InChI is InChI=1S/C19H26BrN3O2S/c20-15-3-5-16(6-4-15)21-18(24)14-26-12-8-19(25)23-11-7-17(13-23)22-9-1-2-10-22/h3-6,17H,1-2,7-14H2,(H,21,24). The van der Waals surface area contributed by atoms with Crippen molar-refractivity contribution in [1.29, 1.82) is 0 Å². The Morgan fingerprint density at radius 1 is 1.15 bits per heavy atom. The third-order valence-corrected chi connectivity index (χ3v) is 6.48. The van der Waals surface area contributed by atoms with Crippen LogP contribution in [0.25, 0.3) is 0 Å². The predicted molar refractivity (Wildman–Crippen MR) is 111 cm³/mol. The minimum atomic E-state index is -0.0277. The Morgan fingerprint density at radius 2 is 1.88 bits per heavy atom. The Hall–Kier alpha value is -1.05. The second kappa shape index (κ2) is 9.76. The number of anilines is 1. The van der Waals surface area contributed by atoms with E-state index in [4.69, 9.17) is 0 Å². The van der Waals surface area contributed by atoms with Crippen LogP contribution in [0, 0.1) is 0 Å². The Labute approximate surface area is 168 Å². The Kier molecular flexibility index (Phi) is 7.40. The first-order valence-electron chi connectivity index (χ1n) is 9.27. The van der Waals surface area contributed by atoms with Crippen molar-refractivity contribution in [2.45, 2.75) is 31.7 Å². The largest absolute Gasteiger partial charge is 0.341 e. The third-order valence-electron chi connectivity index (χ3n) is 4.99. The maximum Gasteiger partial charge on any atom is 0.234 e. The molecule has 2 fully saturated rings. The van der Waals surface area contributed by atoms with Gasteiger partial charge in [0.25, 0.3) is 0 Å². The first-order valence-corrected chi connectivity index (χ1v) is 11.2. The first-order chi connectivity index (χ1) is 12.6. The van der Waals surface area contributed by atoms with E-state index in [9.17, 15) is 9.59 Å². The molecule has 3 rings (SSSR count). The van der Waals surface area contributed by atoms with Gasteiger partial charge in [-0.1, -0.05) is 15.9 Å². The number of rotatable bonds is 7. The van der Waals surface area contributed by atoms with Gasteiger partial charge < -0.3 is 10.2 Å². The lowest BCUT2D eigenvalue weighted by Gasteiger charge is -2.23. The average molecular weight is 440 g/mol. The molecule has 142 valence electrons. The summed E-state index contributed by atoms with van der Waals surface area (Å²) < 4.78 is 0.984. The van der Waals surface area contributed by atoms with Crippen molar-refractivity contribution in [3.63, 3.8) is 0 Å². The second-order valence-corrected chi connectivity index (χ2v) is 8.90. The van der Waals surface area contributed by atoms with Crippen molar-refractivity contribution < 1.29 is 9.59 Å². The summed E-state index contributed by atoms with van der Waals surface area (Å²) in [7, 11) is 0. The maximum absolute atomic E-state index is 12.4. The van der Waals surface area contributed by atoms with Crippen LogP contribution in [-0.2, 0) is 9.59 Å². The van der Waals surface area contributed by atoms with Crippen LogP contribution in [0.2, 0.25) is 0 Å². The summed E-state index contributed by atoms with van der Waals surface area (Å²) in [5.74, 6) is 1.27. The molecule has 0 aromatic heterocycles. The molecule has 0 bridgehead atoms.